The molecule has 6 nitrogen and oxygen atoms in total. The second-order valence-corrected chi connectivity index (χ2v) is 7.45. The molecule has 2 heterocycles. The first-order chi connectivity index (χ1) is 12.4. The number of aliphatic hydroxyl groups is 1. The van der Waals surface area contributed by atoms with E-state index in [1.165, 1.54) is 0 Å². The molecule has 0 aliphatic carbocycles. The van der Waals surface area contributed by atoms with E-state index in [9.17, 15) is 5.11 Å². The average molecular weight is 355 g/mol. The molecule has 0 aliphatic rings. The lowest BCUT2D eigenvalue weighted by Gasteiger charge is -2.23. The SMILES string of the molecule is CC(C)(C)c1nc(CN(Cc2ccccc2)C[C@H](O)c2ccco2)no1. The van der Waals surface area contributed by atoms with Gasteiger partial charge in [0, 0.05) is 18.5 Å². The first kappa shape index (κ1) is 18.4. The van der Waals surface area contributed by atoms with Crippen molar-refractivity contribution in [1.82, 2.24) is 15.0 Å². The van der Waals surface area contributed by atoms with Crippen molar-refractivity contribution in [3.05, 3.63) is 71.8 Å². The predicted molar refractivity (Wildman–Crippen MR) is 97.2 cm³/mol. The molecule has 3 aromatic rings. The van der Waals surface area contributed by atoms with Crippen LogP contribution in [0.4, 0.5) is 0 Å². The lowest BCUT2D eigenvalue weighted by molar-refractivity contribution is 0.0856. The quantitative estimate of drug-likeness (QED) is 0.696. The van der Waals surface area contributed by atoms with Gasteiger partial charge in [-0.15, -0.1) is 0 Å². The Morgan fingerprint density at radius 3 is 2.46 bits per heavy atom. The summed E-state index contributed by atoms with van der Waals surface area (Å²) in [6.45, 7) is 7.65. The van der Waals surface area contributed by atoms with Gasteiger partial charge in [-0.2, -0.15) is 4.98 Å². The van der Waals surface area contributed by atoms with Crippen LogP contribution in [0.5, 0.6) is 0 Å². The summed E-state index contributed by atoms with van der Waals surface area (Å²) in [6.07, 6.45) is 0.845. The summed E-state index contributed by atoms with van der Waals surface area (Å²) in [7, 11) is 0. The van der Waals surface area contributed by atoms with E-state index in [0.29, 0.717) is 37.1 Å². The van der Waals surface area contributed by atoms with Gasteiger partial charge in [-0.05, 0) is 17.7 Å². The maximum atomic E-state index is 10.5. The molecule has 138 valence electrons. The Hall–Kier alpha value is -2.44. The third-order valence-electron chi connectivity index (χ3n) is 4.03. The van der Waals surface area contributed by atoms with Gasteiger partial charge >= 0.3 is 0 Å². The van der Waals surface area contributed by atoms with Crippen LogP contribution in [-0.2, 0) is 18.5 Å². The van der Waals surface area contributed by atoms with Crippen molar-refractivity contribution < 1.29 is 14.0 Å². The van der Waals surface area contributed by atoms with E-state index in [-0.39, 0.29) is 5.41 Å². The van der Waals surface area contributed by atoms with Crippen LogP contribution in [0.25, 0.3) is 0 Å². The summed E-state index contributed by atoms with van der Waals surface area (Å²) in [4.78, 5) is 6.59. The Bertz CT molecular complexity index is 791. The number of nitrogens with zero attached hydrogens (tertiary/aromatic N) is 3. The number of benzene rings is 1. The summed E-state index contributed by atoms with van der Waals surface area (Å²) >= 11 is 0. The van der Waals surface area contributed by atoms with Crippen molar-refractivity contribution in [3.63, 3.8) is 0 Å². The first-order valence-electron chi connectivity index (χ1n) is 8.72. The molecule has 1 atom stereocenters. The van der Waals surface area contributed by atoms with E-state index < -0.39 is 6.10 Å². The summed E-state index contributed by atoms with van der Waals surface area (Å²) < 4.78 is 10.7. The molecule has 0 saturated carbocycles. The highest BCUT2D eigenvalue weighted by Gasteiger charge is 2.23. The first-order valence-corrected chi connectivity index (χ1v) is 8.72. The van der Waals surface area contributed by atoms with Gasteiger partial charge in [-0.1, -0.05) is 56.3 Å². The molecule has 0 saturated heterocycles. The summed E-state index contributed by atoms with van der Waals surface area (Å²) in [5, 5.41) is 14.6. The Morgan fingerprint density at radius 1 is 1.08 bits per heavy atom. The minimum absolute atomic E-state index is 0.191. The minimum atomic E-state index is -0.720. The van der Waals surface area contributed by atoms with Crippen LogP contribution in [0.3, 0.4) is 0 Å². The normalized spacial score (nSPS) is 13.3. The lowest BCUT2D eigenvalue weighted by atomic mass is 9.97. The second-order valence-electron chi connectivity index (χ2n) is 7.45. The molecule has 0 unspecified atom stereocenters. The zero-order chi connectivity index (χ0) is 18.6. The van der Waals surface area contributed by atoms with Crippen LogP contribution >= 0.6 is 0 Å². The molecule has 1 aromatic carbocycles. The monoisotopic (exact) mass is 355 g/mol. The van der Waals surface area contributed by atoms with E-state index in [0.717, 1.165) is 5.56 Å². The number of rotatable bonds is 7. The van der Waals surface area contributed by atoms with Crippen LogP contribution in [0.1, 0.15) is 49.9 Å². The molecule has 0 spiro atoms. The van der Waals surface area contributed by atoms with Crippen LogP contribution in [0.2, 0.25) is 0 Å². The van der Waals surface area contributed by atoms with Gasteiger partial charge in [0.25, 0.3) is 0 Å². The number of aromatic nitrogens is 2. The molecule has 0 aliphatic heterocycles. The zero-order valence-corrected chi connectivity index (χ0v) is 15.4. The molecule has 0 radical (unpaired) electrons. The van der Waals surface area contributed by atoms with Crippen LogP contribution < -0.4 is 0 Å². The standard InChI is InChI=1S/C20H25N3O3/c1-20(2,3)19-21-18(22-26-19)14-23(12-15-8-5-4-6-9-15)13-16(24)17-10-7-11-25-17/h4-11,16,24H,12-14H2,1-3H3/t16-/m0/s1. The van der Waals surface area contributed by atoms with Crippen molar-refractivity contribution >= 4 is 0 Å². The molecule has 1 N–H and O–H groups in total. The largest absolute Gasteiger partial charge is 0.467 e. The van der Waals surface area contributed by atoms with Crippen molar-refractivity contribution in [2.45, 2.75) is 45.4 Å². The number of hydrogen-bond donors (Lipinski definition) is 1. The predicted octanol–water partition coefficient (Wildman–Crippen LogP) is 3.70. The van der Waals surface area contributed by atoms with Crippen LogP contribution in [0.15, 0.2) is 57.7 Å². The Labute approximate surface area is 153 Å². The molecule has 2 aromatic heterocycles. The maximum Gasteiger partial charge on any atom is 0.232 e. The molecular weight excluding hydrogens is 330 g/mol. The van der Waals surface area contributed by atoms with E-state index in [4.69, 9.17) is 8.94 Å². The van der Waals surface area contributed by atoms with E-state index in [2.05, 4.69) is 27.2 Å². The van der Waals surface area contributed by atoms with Crippen molar-refractivity contribution in [3.8, 4) is 0 Å². The number of hydrogen-bond acceptors (Lipinski definition) is 6. The van der Waals surface area contributed by atoms with Crippen LogP contribution in [-0.4, -0.2) is 26.7 Å². The molecule has 0 bridgehead atoms. The van der Waals surface area contributed by atoms with Gasteiger partial charge in [-0.25, -0.2) is 0 Å². The zero-order valence-electron chi connectivity index (χ0n) is 15.4. The highest BCUT2D eigenvalue weighted by molar-refractivity contribution is 5.15. The van der Waals surface area contributed by atoms with Crippen molar-refractivity contribution in [1.29, 1.82) is 0 Å². The van der Waals surface area contributed by atoms with Gasteiger partial charge in [0.2, 0.25) is 5.89 Å². The highest BCUT2D eigenvalue weighted by atomic mass is 16.5. The fourth-order valence-electron chi connectivity index (χ4n) is 2.66. The highest BCUT2D eigenvalue weighted by Crippen LogP contribution is 2.21. The van der Waals surface area contributed by atoms with Gasteiger partial charge in [0.05, 0.1) is 12.8 Å². The minimum Gasteiger partial charge on any atom is -0.467 e. The molecular formula is C20H25N3O3. The molecule has 6 heteroatoms. The summed E-state index contributed by atoms with van der Waals surface area (Å²) in [5.74, 6) is 1.77. The number of aliphatic hydroxyl groups excluding tert-OH is 1. The fraction of sp³-hybridized carbons (Fsp3) is 0.400. The van der Waals surface area contributed by atoms with Gasteiger partial charge in [0.1, 0.15) is 11.9 Å². The second kappa shape index (κ2) is 7.85. The van der Waals surface area contributed by atoms with E-state index >= 15 is 0 Å². The summed E-state index contributed by atoms with van der Waals surface area (Å²) in [6, 6.07) is 13.7. The Kier molecular flexibility index (Phi) is 5.54. The molecule has 0 fully saturated rings. The maximum absolute atomic E-state index is 10.5. The van der Waals surface area contributed by atoms with Gasteiger partial charge in [-0.3, -0.25) is 4.90 Å². The Balaban J connectivity index is 1.74. The molecule has 0 amide bonds. The van der Waals surface area contributed by atoms with Crippen molar-refractivity contribution in [2.75, 3.05) is 6.54 Å². The topological polar surface area (TPSA) is 75.5 Å². The third-order valence-corrected chi connectivity index (χ3v) is 4.03. The summed E-state index contributed by atoms with van der Waals surface area (Å²) in [5.41, 5.74) is 0.960. The lowest BCUT2D eigenvalue weighted by Crippen LogP contribution is -2.28. The number of furan rings is 1. The van der Waals surface area contributed by atoms with Gasteiger partial charge < -0.3 is 14.0 Å². The van der Waals surface area contributed by atoms with E-state index in [1.807, 2.05) is 39.0 Å². The molecule has 26 heavy (non-hydrogen) atoms. The van der Waals surface area contributed by atoms with Crippen molar-refractivity contribution in [2.24, 2.45) is 0 Å². The van der Waals surface area contributed by atoms with E-state index in [1.54, 1.807) is 18.4 Å². The van der Waals surface area contributed by atoms with Crippen LogP contribution in [0, 0.1) is 0 Å². The van der Waals surface area contributed by atoms with Gasteiger partial charge in [0.15, 0.2) is 5.82 Å². The third kappa shape index (κ3) is 4.80. The average Bonchev–Trinajstić information content (AvgIpc) is 3.27. The molecule has 3 rings (SSSR count). The Morgan fingerprint density at radius 2 is 1.85 bits per heavy atom. The fourth-order valence-corrected chi connectivity index (χ4v) is 2.66. The smallest absolute Gasteiger partial charge is 0.232 e.